The minimum Gasteiger partial charge on any atom is -0.385 e. The molecule has 0 fully saturated rings. The van der Waals surface area contributed by atoms with Gasteiger partial charge in [-0.3, -0.25) is 0 Å². The maximum Gasteiger partial charge on any atom is 0.191 e. The summed E-state index contributed by atoms with van der Waals surface area (Å²) in [6, 6.07) is 3.76. The first-order valence-electron chi connectivity index (χ1n) is 7.11. The lowest BCUT2D eigenvalue weighted by atomic mass is 10.2. The zero-order chi connectivity index (χ0) is 16.2. The van der Waals surface area contributed by atoms with Crippen LogP contribution in [0.2, 0.25) is 0 Å². The van der Waals surface area contributed by atoms with E-state index in [4.69, 9.17) is 9.47 Å². The van der Waals surface area contributed by atoms with Crippen molar-refractivity contribution < 1.29 is 18.3 Å². The van der Waals surface area contributed by atoms with Crippen LogP contribution in [0.4, 0.5) is 8.78 Å². The number of benzene rings is 1. The van der Waals surface area contributed by atoms with E-state index in [1.807, 2.05) is 0 Å². The molecule has 1 aromatic rings. The number of aliphatic imine (C=N–C) groups is 1. The van der Waals surface area contributed by atoms with Crippen LogP contribution in [0, 0.1) is 11.6 Å². The van der Waals surface area contributed by atoms with Gasteiger partial charge in [0.2, 0.25) is 0 Å². The molecule has 0 heterocycles. The second-order valence-electron chi connectivity index (χ2n) is 4.61. The van der Waals surface area contributed by atoms with Crippen LogP contribution in [0.1, 0.15) is 12.0 Å². The molecule has 7 heteroatoms. The summed E-state index contributed by atoms with van der Waals surface area (Å²) in [7, 11) is 3.26. The first-order valence-corrected chi connectivity index (χ1v) is 7.11. The van der Waals surface area contributed by atoms with E-state index in [1.54, 1.807) is 14.2 Å². The van der Waals surface area contributed by atoms with Crippen molar-refractivity contribution in [3.8, 4) is 0 Å². The maximum atomic E-state index is 13.2. The van der Waals surface area contributed by atoms with Crippen molar-refractivity contribution >= 4 is 5.96 Å². The molecule has 0 radical (unpaired) electrons. The van der Waals surface area contributed by atoms with Gasteiger partial charge >= 0.3 is 0 Å². The number of rotatable bonds is 9. The number of halogens is 2. The molecule has 0 aliphatic heterocycles. The number of guanidine groups is 1. The molecule has 0 saturated carbocycles. The first-order chi connectivity index (χ1) is 10.7. The molecule has 2 N–H and O–H groups in total. The third-order valence-corrected chi connectivity index (χ3v) is 2.82. The summed E-state index contributed by atoms with van der Waals surface area (Å²) >= 11 is 0. The smallest absolute Gasteiger partial charge is 0.191 e. The monoisotopic (exact) mass is 315 g/mol. The fraction of sp³-hybridized carbons (Fsp3) is 0.533. The second kappa shape index (κ2) is 10.9. The van der Waals surface area contributed by atoms with E-state index < -0.39 is 11.6 Å². The number of hydrogen-bond donors (Lipinski definition) is 2. The summed E-state index contributed by atoms with van der Waals surface area (Å²) in [5.41, 5.74) is 0.601. The van der Waals surface area contributed by atoms with E-state index in [1.165, 1.54) is 6.07 Å². The molecule has 0 aliphatic carbocycles. The highest BCUT2D eigenvalue weighted by Gasteiger charge is 2.03. The average Bonchev–Trinajstić information content (AvgIpc) is 2.52. The van der Waals surface area contributed by atoms with E-state index in [0.717, 1.165) is 18.6 Å². The van der Waals surface area contributed by atoms with Gasteiger partial charge in [0.15, 0.2) is 17.6 Å². The van der Waals surface area contributed by atoms with E-state index in [0.29, 0.717) is 37.8 Å². The summed E-state index contributed by atoms with van der Waals surface area (Å²) < 4.78 is 36.0. The van der Waals surface area contributed by atoms with Crippen LogP contribution in [-0.4, -0.2) is 46.5 Å². The van der Waals surface area contributed by atoms with Crippen LogP contribution in [0.5, 0.6) is 0 Å². The minimum atomic E-state index is -0.866. The Morgan fingerprint density at radius 2 is 1.77 bits per heavy atom. The van der Waals surface area contributed by atoms with Crippen molar-refractivity contribution in [2.75, 3.05) is 40.5 Å². The lowest BCUT2D eigenvalue weighted by molar-refractivity contribution is 0.195. The highest BCUT2D eigenvalue weighted by Crippen LogP contribution is 2.09. The number of nitrogens with zero attached hydrogens (tertiary/aromatic N) is 1. The number of hydrogen-bond acceptors (Lipinski definition) is 3. The fourth-order valence-electron chi connectivity index (χ4n) is 1.68. The van der Waals surface area contributed by atoms with Crippen LogP contribution in [0.15, 0.2) is 23.2 Å². The summed E-state index contributed by atoms with van der Waals surface area (Å²) in [6.45, 7) is 2.75. The molecule has 1 aromatic carbocycles. The van der Waals surface area contributed by atoms with Gasteiger partial charge in [-0.25, -0.2) is 13.8 Å². The zero-order valence-electron chi connectivity index (χ0n) is 13.0. The topological polar surface area (TPSA) is 54.9 Å². The van der Waals surface area contributed by atoms with Crippen molar-refractivity contribution in [2.45, 2.75) is 13.0 Å². The summed E-state index contributed by atoms with van der Waals surface area (Å²) in [6.07, 6.45) is 0.840. The average molecular weight is 315 g/mol. The van der Waals surface area contributed by atoms with Crippen molar-refractivity contribution in [1.29, 1.82) is 0 Å². The minimum absolute atomic E-state index is 0.254. The summed E-state index contributed by atoms with van der Waals surface area (Å²) in [4.78, 5) is 4.34. The van der Waals surface area contributed by atoms with Gasteiger partial charge in [0, 0.05) is 33.9 Å². The largest absolute Gasteiger partial charge is 0.385 e. The molecule has 0 spiro atoms. The number of nitrogens with one attached hydrogen (secondary N) is 2. The van der Waals surface area contributed by atoms with Gasteiger partial charge in [-0.15, -0.1) is 0 Å². The van der Waals surface area contributed by atoms with Gasteiger partial charge < -0.3 is 20.1 Å². The standard InChI is InChI=1S/C15H23F2N3O2/c1-21-8-3-6-18-15(19-7-9-22-2)20-11-12-4-5-13(16)14(17)10-12/h4-5,10H,3,6-9,11H2,1-2H3,(H2,18,19,20). The molecule has 0 amide bonds. The van der Waals surface area contributed by atoms with Crippen molar-refractivity contribution in [1.82, 2.24) is 10.6 Å². The molecule has 1 rings (SSSR count). The molecule has 5 nitrogen and oxygen atoms in total. The van der Waals surface area contributed by atoms with Gasteiger partial charge in [-0.1, -0.05) is 6.07 Å². The molecule has 0 aromatic heterocycles. The fourth-order valence-corrected chi connectivity index (χ4v) is 1.68. The second-order valence-corrected chi connectivity index (χ2v) is 4.61. The number of methoxy groups -OCH3 is 2. The zero-order valence-corrected chi connectivity index (χ0v) is 13.0. The SMILES string of the molecule is COCCCNC(=NCc1ccc(F)c(F)c1)NCCOC. The first kappa shape index (κ1) is 18.3. The molecule has 22 heavy (non-hydrogen) atoms. The van der Waals surface area contributed by atoms with Gasteiger partial charge in [0.05, 0.1) is 13.2 Å². The van der Waals surface area contributed by atoms with Gasteiger partial charge in [0.25, 0.3) is 0 Å². The summed E-state index contributed by atoms with van der Waals surface area (Å²) in [5.74, 6) is -1.13. The van der Waals surface area contributed by atoms with Crippen LogP contribution >= 0.6 is 0 Å². The van der Waals surface area contributed by atoms with E-state index in [2.05, 4.69) is 15.6 Å². The molecule has 124 valence electrons. The quantitative estimate of drug-likeness (QED) is 0.414. The molecular weight excluding hydrogens is 292 g/mol. The molecule has 0 atom stereocenters. The van der Waals surface area contributed by atoms with E-state index >= 15 is 0 Å². The Labute approximate surface area is 129 Å². The van der Waals surface area contributed by atoms with Crippen LogP contribution in [-0.2, 0) is 16.0 Å². The molecule has 0 bridgehead atoms. The van der Waals surface area contributed by atoms with Crippen LogP contribution in [0.25, 0.3) is 0 Å². The predicted octanol–water partition coefficient (Wildman–Crippen LogP) is 1.68. The van der Waals surface area contributed by atoms with Crippen LogP contribution in [0.3, 0.4) is 0 Å². The van der Waals surface area contributed by atoms with Crippen molar-refractivity contribution in [2.24, 2.45) is 4.99 Å². The Kier molecular flexibility index (Phi) is 9.09. The van der Waals surface area contributed by atoms with Crippen LogP contribution < -0.4 is 10.6 Å². The van der Waals surface area contributed by atoms with Crippen molar-refractivity contribution in [3.63, 3.8) is 0 Å². The van der Waals surface area contributed by atoms with E-state index in [9.17, 15) is 8.78 Å². The van der Waals surface area contributed by atoms with E-state index in [-0.39, 0.29) is 6.54 Å². The maximum absolute atomic E-state index is 13.2. The molecular formula is C15H23F2N3O2. The Morgan fingerprint density at radius 1 is 1.05 bits per heavy atom. The Bertz CT molecular complexity index is 470. The predicted molar refractivity (Wildman–Crippen MR) is 81.9 cm³/mol. The highest BCUT2D eigenvalue weighted by molar-refractivity contribution is 5.79. The third-order valence-electron chi connectivity index (χ3n) is 2.82. The molecule has 0 unspecified atom stereocenters. The molecule has 0 aliphatic rings. The van der Waals surface area contributed by atoms with Gasteiger partial charge in [-0.05, 0) is 24.1 Å². The Morgan fingerprint density at radius 3 is 2.45 bits per heavy atom. The Balaban J connectivity index is 2.56. The van der Waals surface area contributed by atoms with Crippen molar-refractivity contribution in [3.05, 3.63) is 35.4 Å². The normalized spacial score (nSPS) is 11.5. The number of ether oxygens (including phenoxy) is 2. The summed E-state index contributed by atoms with van der Waals surface area (Å²) in [5, 5.41) is 6.24. The Hall–Kier alpha value is -1.73. The third kappa shape index (κ3) is 7.33. The lowest BCUT2D eigenvalue weighted by Gasteiger charge is -2.12. The van der Waals surface area contributed by atoms with Gasteiger partial charge in [-0.2, -0.15) is 0 Å². The van der Waals surface area contributed by atoms with Gasteiger partial charge in [0.1, 0.15) is 0 Å². The molecule has 0 saturated heterocycles. The lowest BCUT2D eigenvalue weighted by Crippen LogP contribution is -2.39. The highest BCUT2D eigenvalue weighted by atomic mass is 19.2.